The van der Waals surface area contributed by atoms with Gasteiger partial charge in [0.05, 0.1) is 18.4 Å². The standard InChI is InChI=1S/C13H13ClN2O2/c1-16(8-10-3-2-6-18-10)13(17)11-5-4-9(14)7-12(11)15/h2-7H,8,15H2,1H3. The SMILES string of the molecule is CN(Cc1ccco1)C(=O)c1ccc(Cl)cc1N. The molecule has 0 atom stereocenters. The van der Waals surface area contributed by atoms with Crippen LogP contribution >= 0.6 is 11.6 Å². The summed E-state index contributed by atoms with van der Waals surface area (Å²) in [6.07, 6.45) is 1.57. The number of hydrogen-bond acceptors (Lipinski definition) is 3. The number of rotatable bonds is 3. The molecule has 0 aliphatic carbocycles. The topological polar surface area (TPSA) is 59.5 Å². The van der Waals surface area contributed by atoms with Crippen LogP contribution in [0.15, 0.2) is 41.0 Å². The zero-order valence-corrected chi connectivity index (χ0v) is 10.6. The molecule has 2 rings (SSSR count). The van der Waals surface area contributed by atoms with Crippen LogP contribution in [0.4, 0.5) is 5.69 Å². The van der Waals surface area contributed by atoms with Crippen LogP contribution in [0.2, 0.25) is 5.02 Å². The third-order valence-corrected chi connectivity index (χ3v) is 2.80. The van der Waals surface area contributed by atoms with Gasteiger partial charge in [-0.25, -0.2) is 0 Å². The zero-order valence-electron chi connectivity index (χ0n) is 9.89. The van der Waals surface area contributed by atoms with Gasteiger partial charge in [-0.15, -0.1) is 0 Å². The fourth-order valence-electron chi connectivity index (χ4n) is 1.64. The average Bonchev–Trinajstić information content (AvgIpc) is 2.81. The monoisotopic (exact) mass is 264 g/mol. The Labute approximate surface area is 110 Å². The van der Waals surface area contributed by atoms with E-state index in [1.54, 1.807) is 42.5 Å². The van der Waals surface area contributed by atoms with Crippen molar-refractivity contribution in [2.24, 2.45) is 0 Å². The second-order valence-electron chi connectivity index (χ2n) is 3.97. The number of nitrogen functional groups attached to an aromatic ring is 1. The molecule has 0 bridgehead atoms. The number of hydrogen-bond donors (Lipinski definition) is 1. The van der Waals surface area contributed by atoms with E-state index in [1.165, 1.54) is 0 Å². The summed E-state index contributed by atoms with van der Waals surface area (Å²) in [6.45, 7) is 0.397. The van der Waals surface area contributed by atoms with Gasteiger partial charge in [0.15, 0.2) is 0 Å². The van der Waals surface area contributed by atoms with Gasteiger partial charge < -0.3 is 15.1 Å². The van der Waals surface area contributed by atoms with Crippen molar-refractivity contribution in [3.8, 4) is 0 Å². The molecule has 0 fully saturated rings. The van der Waals surface area contributed by atoms with Gasteiger partial charge in [0.25, 0.3) is 5.91 Å². The Balaban J connectivity index is 2.15. The van der Waals surface area contributed by atoms with Crippen LogP contribution in [0.3, 0.4) is 0 Å². The molecule has 0 saturated heterocycles. The predicted octanol–water partition coefficient (Wildman–Crippen LogP) is 2.79. The van der Waals surface area contributed by atoms with E-state index in [0.29, 0.717) is 22.8 Å². The number of benzene rings is 1. The van der Waals surface area contributed by atoms with Gasteiger partial charge in [-0.1, -0.05) is 11.6 Å². The van der Waals surface area contributed by atoms with Crippen LogP contribution in [0.5, 0.6) is 0 Å². The summed E-state index contributed by atoms with van der Waals surface area (Å²) >= 11 is 5.80. The van der Waals surface area contributed by atoms with Crippen LogP contribution in [0, 0.1) is 0 Å². The van der Waals surface area contributed by atoms with Crippen molar-refractivity contribution in [2.45, 2.75) is 6.54 Å². The van der Waals surface area contributed by atoms with Gasteiger partial charge in [-0.2, -0.15) is 0 Å². The minimum Gasteiger partial charge on any atom is -0.467 e. The maximum atomic E-state index is 12.2. The van der Waals surface area contributed by atoms with E-state index in [9.17, 15) is 4.79 Å². The molecule has 0 unspecified atom stereocenters. The van der Waals surface area contributed by atoms with Crippen LogP contribution in [0.1, 0.15) is 16.1 Å². The number of nitrogens with zero attached hydrogens (tertiary/aromatic N) is 1. The normalized spacial score (nSPS) is 10.3. The van der Waals surface area contributed by atoms with Crippen LogP contribution in [-0.2, 0) is 6.54 Å². The molecule has 0 aliphatic rings. The number of halogens is 1. The van der Waals surface area contributed by atoms with Crippen LogP contribution in [0.25, 0.3) is 0 Å². The molecule has 2 aromatic rings. The molecule has 0 spiro atoms. The van der Waals surface area contributed by atoms with Crippen molar-refractivity contribution in [3.63, 3.8) is 0 Å². The van der Waals surface area contributed by atoms with Crippen LogP contribution < -0.4 is 5.73 Å². The molecule has 0 aliphatic heterocycles. The Bertz CT molecular complexity index is 552. The van der Waals surface area contributed by atoms with E-state index >= 15 is 0 Å². The first-order chi connectivity index (χ1) is 8.58. The van der Waals surface area contributed by atoms with E-state index in [2.05, 4.69) is 0 Å². The molecule has 0 saturated carbocycles. The van der Waals surface area contributed by atoms with Gasteiger partial charge >= 0.3 is 0 Å². The molecular weight excluding hydrogens is 252 g/mol. The van der Waals surface area contributed by atoms with Crippen molar-refractivity contribution < 1.29 is 9.21 Å². The highest BCUT2D eigenvalue weighted by Crippen LogP contribution is 2.20. The predicted molar refractivity (Wildman–Crippen MR) is 70.4 cm³/mol. The number of nitrogens with two attached hydrogens (primary N) is 1. The Kier molecular flexibility index (Phi) is 3.58. The average molecular weight is 265 g/mol. The highest BCUT2D eigenvalue weighted by Gasteiger charge is 2.15. The van der Waals surface area contributed by atoms with Gasteiger partial charge in [-0.05, 0) is 30.3 Å². The summed E-state index contributed by atoms with van der Waals surface area (Å²) in [5, 5.41) is 0.512. The lowest BCUT2D eigenvalue weighted by Gasteiger charge is -2.16. The largest absolute Gasteiger partial charge is 0.467 e. The van der Waals surface area contributed by atoms with Crippen LogP contribution in [-0.4, -0.2) is 17.9 Å². The summed E-state index contributed by atoms with van der Waals surface area (Å²) in [7, 11) is 1.69. The van der Waals surface area contributed by atoms with E-state index in [4.69, 9.17) is 21.8 Å². The molecule has 1 aromatic heterocycles. The van der Waals surface area contributed by atoms with Gasteiger partial charge in [0, 0.05) is 17.8 Å². The van der Waals surface area contributed by atoms with Gasteiger partial charge in [0.2, 0.25) is 0 Å². The van der Waals surface area contributed by atoms with Gasteiger partial charge in [-0.3, -0.25) is 4.79 Å². The number of carbonyl (C=O) groups excluding carboxylic acids is 1. The molecule has 1 amide bonds. The third kappa shape index (κ3) is 2.65. The number of anilines is 1. The van der Waals surface area contributed by atoms with E-state index in [1.807, 2.05) is 6.07 Å². The fraction of sp³-hybridized carbons (Fsp3) is 0.154. The Morgan fingerprint density at radius 2 is 2.22 bits per heavy atom. The molecule has 1 heterocycles. The van der Waals surface area contributed by atoms with E-state index < -0.39 is 0 Å². The highest BCUT2D eigenvalue weighted by atomic mass is 35.5. The highest BCUT2D eigenvalue weighted by molar-refractivity contribution is 6.31. The van der Waals surface area contributed by atoms with Crippen molar-refractivity contribution in [3.05, 3.63) is 52.9 Å². The Morgan fingerprint density at radius 3 is 2.83 bits per heavy atom. The molecule has 0 radical (unpaired) electrons. The Hall–Kier alpha value is -1.94. The summed E-state index contributed by atoms with van der Waals surface area (Å²) in [5.74, 6) is 0.555. The quantitative estimate of drug-likeness (QED) is 0.867. The smallest absolute Gasteiger partial charge is 0.256 e. The molecule has 18 heavy (non-hydrogen) atoms. The maximum Gasteiger partial charge on any atom is 0.256 e. The summed E-state index contributed by atoms with van der Waals surface area (Å²) in [5.41, 5.74) is 6.59. The fourth-order valence-corrected chi connectivity index (χ4v) is 1.82. The molecule has 1 aromatic carbocycles. The van der Waals surface area contributed by atoms with Crippen molar-refractivity contribution in [2.75, 3.05) is 12.8 Å². The maximum absolute atomic E-state index is 12.2. The number of amides is 1. The van der Waals surface area contributed by atoms with E-state index in [-0.39, 0.29) is 5.91 Å². The number of furan rings is 1. The zero-order chi connectivity index (χ0) is 13.1. The Morgan fingerprint density at radius 1 is 1.44 bits per heavy atom. The number of carbonyl (C=O) groups is 1. The van der Waals surface area contributed by atoms with Crippen molar-refractivity contribution in [1.29, 1.82) is 0 Å². The summed E-state index contributed by atoms with van der Waals surface area (Å²) in [4.78, 5) is 13.7. The minimum absolute atomic E-state index is 0.166. The summed E-state index contributed by atoms with van der Waals surface area (Å²) < 4.78 is 5.19. The van der Waals surface area contributed by atoms with Crippen molar-refractivity contribution in [1.82, 2.24) is 4.90 Å². The first-order valence-electron chi connectivity index (χ1n) is 5.41. The molecular formula is C13H13ClN2O2. The third-order valence-electron chi connectivity index (χ3n) is 2.56. The molecule has 2 N–H and O–H groups in total. The minimum atomic E-state index is -0.166. The lowest BCUT2D eigenvalue weighted by Crippen LogP contribution is -2.26. The summed E-state index contributed by atoms with van der Waals surface area (Å²) in [6, 6.07) is 8.43. The van der Waals surface area contributed by atoms with E-state index in [0.717, 1.165) is 5.76 Å². The molecule has 94 valence electrons. The van der Waals surface area contributed by atoms with Crippen molar-refractivity contribution >= 4 is 23.2 Å². The van der Waals surface area contributed by atoms with Gasteiger partial charge in [0.1, 0.15) is 5.76 Å². The molecule has 5 heteroatoms. The second-order valence-corrected chi connectivity index (χ2v) is 4.41. The first-order valence-corrected chi connectivity index (χ1v) is 5.78. The molecule has 4 nitrogen and oxygen atoms in total. The second kappa shape index (κ2) is 5.14. The first kappa shape index (κ1) is 12.5. The lowest BCUT2D eigenvalue weighted by atomic mass is 10.1. The lowest BCUT2D eigenvalue weighted by molar-refractivity contribution is 0.0776.